The monoisotopic (exact) mass is 313 g/mol. The van der Waals surface area contributed by atoms with E-state index in [0.29, 0.717) is 0 Å². The summed E-state index contributed by atoms with van der Waals surface area (Å²) in [6, 6.07) is 16.5. The number of aryl methyl sites for hydroxylation is 2. The van der Waals surface area contributed by atoms with E-state index in [-0.39, 0.29) is 0 Å². The second-order valence-corrected chi connectivity index (χ2v) is 5.90. The maximum atomic E-state index is 5.90. The predicted molar refractivity (Wildman–Crippen MR) is 93.0 cm³/mol. The molecule has 0 radical (unpaired) electrons. The van der Waals surface area contributed by atoms with Crippen LogP contribution in [-0.4, -0.2) is 19.0 Å². The van der Waals surface area contributed by atoms with Crippen molar-refractivity contribution in [2.75, 3.05) is 13.1 Å². The van der Waals surface area contributed by atoms with Crippen molar-refractivity contribution >= 4 is 23.2 Å². The van der Waals surface area contributed by atoms with E-state index in [1.807, 2.05) is 12.1 Å². The highest BCUT2D eigenvalue weighted by atomic mass is 35.5. The van der Waals surface area contributed by atoms with Gasteiger partial charge in [-0.15, -0.1) is 0 Å². The minimum absolute atomic E-state index is 0.789. The largest absolute Gasteiger partial charge is 0.356 e. The standard InChI is InChI=1S/C18H20ClN3/c19-16-8-4-14(5-9-16)2-3-15-6-10-17(11-7-15)22-18-20-12-1-13-21-18/h4-11H,1-3,12-13H2,(H2,20,21,22). The first kappa shape index (κ1) is 14.9. The van der Waals surface area contributed by atoms with E-state index in [0.717, 1.165) is 49.0 Å². The molecule has 3 rings (SSSR count). The van der Waals surface area contributed by atoms with Crippen LogP contribution >= 0.6 is 11.6 Å². The smallest absolute Gasteiger partial charge is 0.196 e. The van der Waals surface area contributed by atoms with Crippen LogP contribution in [0.15, 0.2) is 53.5 Å². The zero-order chi connectivity index (χ0) is 15.2. The highest BCUT2D eigenvalue weighted by molar-refractivity contribution is 6.30. The molecular weight excluding hydrogens is 294 g/mol. The summed E-state index contributed by atoms with van der Waals surface area (Å²) in [6.07, 6.45) is 3.19. The van der Waals surface area contributed by atoms with Crippen molar-refractivity contribution < 1.29 is 0 Å². The third-order valence-electron chi connectivity index (χ3n) is 3.73. The number of nitrogens with one attached hydrogen (secondary N) is 2. The summed E-state index contributed by atoms with van der Waals surface area (Å²) in [5, 5.41) is 7.31. The van der Waals surface area contributed by atoms with E-state index in [9.17, 15) is 0 Å². The Morgan fingerprint density at radius 2 is 1.36 bits per heavy atom. The Hall–Kier alpha value is -2.00. The van der Waals surface area contributed by atoms with Crippen molar-refractivity contribution in [2.45, 2.75) is 19.3 Å². The van der Waals surface area contributed by atoms with Gasteiger partial charge in [0.05, 0.1) is 5.69 Å². The average molecular weight is 314 g/mol. The minimum Gasteiger partial charge on any atom is -0.356 e. The molecular formula is C18H20ClN3. The second kappa shape index (κ2) is 7.32. The molecule has 22 heavy (non-hydrogen) atoms. The third kappa shape index (κ3) is 4.25. The van der Waals surface area contributed by atoms with Crippen LogP contribution in [0, 0.1) is 0 Å². The number of hydrogen-bond donors (Lipinski definition) is 2. The molecule has 1 heterocycles. The first-order valence-corrected chi connectivity index (χ1v) is 8.07. The molecule has 0 unspecified atom stereocenters. The van der Waals surface area contributed by atoms with E-state index < -0.39 is 0 Å². The predicted octanol–water partition coefficient (Wildman–Crippen LogP) is 3.70. The van der Waals surface area contributed by atoms with Gasteiger partial charge in [0.15, 0.2) is 5.96 Å². The molecule has 1 aliphatic heterocycles. The number of benzene rings is 2. The zero-order valence-corrected chi connectivity index (χ0v) is 13.2. The van der Waals surface area contributed by atoms with Crippen molar-refractivity contribution in [3.63, 3.8) is 0 Å². The van der Waals surface area contributed by atoms with Crippen molar-refractivity contribution in [1.82, 2.24) is 10.6 Å². The second-order valence-electron chi connectivity index (χ2n) is 5.46. The molecule has 0 aromatic heterocycles. The van der Waals surface area contributed by atoms with Crippen LogP contribution in [0.25, 0.3) is 0 Å². The van der Waals surface area contributed by atoms with E-state index in [1.165, 1.54) is 11.1 Å². The van der Waals surface area contributed by atoms with Crippen LogP contribution in [0.3, 0.4) is 0 Å². The summed E-state index contributed by atoms with van der Waals surface area (Å²) in [7, 11) is 0. The van der Waals surface area contributed by atoms with Crippen LogP contribution in [0.5, 0.6) is 0 Å². The maximum Gasteiger partial charge on any atom is 0.196 e. The Morgan fingerprint density at radius 1 is 0.818 bits per heavy atom. The fraction of sp³-hybridized carbons (Fsp3) is 0.278. The lowest BCUT2D eigenvalue weighted by molar-refractivity contribution is 0.668. The molecule has 0 saturated carbocycles. The summed E-state index contributed by atoms with van der Waals surface area (Å²) in [5.74, 6) is 0.875. The van der Waals surface area contributed by atoms with Gasteiger partial charge in [-0.25, -0.2) is 4.99 Å². The molecule has 1 fully saturated rings. The van der Waals surface area contributed by atoms with Crippen molar-refractivity contribution in [2.24, 2.45) is 4.99 Å². The van der Waals surface area contributed by atoms with Gasteiger partial charge < -0.3 is 10.6 Å². The van der Waals surface area contributed by atoms with Gasteiger partial charge in [0.2, 0.25) is 0 Å². The van der Waals surface area contributed by atoms with Gasteiger partial charge in [0.25, 0.3) is 0 Å². The fourth-order valence-electron chi connectivity index (χ4n) is 2.45. The lowest BCUT2D eigenvalue weighted by atomic mass is 10.0. The molecule has 2 aromatic carbocycles. The van der Waals surface area contributed by atoms with E-state index in [1.54, 1.807) is 0 Å². The molecule has 1 saturated heterocycles. The van der Waals surface area contributed by atoms with E-state index in [2.05, 4.69) is 52.0 Å². The topological polar surface area (TPSA) is 36.4 Å². The quantitative estimate of drug-likeness (QED) is 0.903. The van der Waals surface area contributed by atoms with Gasteiger partial charge in [-0.05, 0) is 54.7 Å². The molecule has 0 spiro atoms. The summed E-state index contributed by atoms with van der Waals surface area (Å²) >= 11 is 5.90. The first-order chi connectivity index (χ1) is 10.8. The molecule has 2 N–H and O–H groups in total. The average Bonchev–Trinajstić information content (AvgIpc) is 2.57. The van der Waals surface area contributed by atoms with Gasteiger partial charge in [-0.3, -0.25) is 0 Å². The van der Waals surface area contributed by atoms with Gasteiger partial charge in [0.1, 0.15) is 0 Å². The molecule has 114 valence electrons. The fourth-order valence-corrected chi connectivity index (χ4v) is 2.58. The third-order valence-corrected chi connectivity index (χ3v) is 3.98. The summed E-state index contributed by atoms with van der Waals surface area (Å²) in [5.41, 5.74) is 3.61. The highest BCUT2D eigenvalue weighted by Gasteiger charge is 2.04. The number of rotatable bonds is 4. The van der Waals surface area contributed by atoms with Crippen molar-refractivity contribution in [1.29, 1.82) is 0 Å². The van der Waals surface area contributed by atoms with Crippen LogP contribution in [0.4, 0.5) is 5.69 Å². The van der Waals surface area contributed by atoms with Crippen molar-refractivity contribution in [3.05, 3.63) is 64.7 Å². The molecule has 0 aliphatic carbocycles. The number of halogens is 1. The molecule has 1 aliphatic rings. The summed E-state index contributed by atoms with van der Waals surface area (Å²) in [4.78, 5) is 4.57. The molecule has 4 heteroatoms. The number of guanidine groups is 1. The van der Waals surface area contributed by atoms with E-state index in [4.69, 9.17) is 11.6 Å². The lowest BCUT2D eigenvalue weighted by Gasteiger charge is -2.17. The van der Waals surface area contributed by atoms with Crippen molar-refractivity contribution in [3.8, 4) is 0 Å². The Morgan fingerprint density at radius 3 is 1.95 bits per heavy atom. The number of nitrogens with zero attached hydrogens (tertiary/aromatic N) is 1. The molecule has 2 aromatic rings. The zero-order valence-electron chi connectivity index (χ0n) is 12.5. The molecule has 0 bridgehead atoms. The SMILES string of the molecule is Clc1ccc(CCc2ccc(N=C3NCCCN3)cc2)cc1. The maximum absolute atomic E-state index is 5.90. The van der Waals surface area contributed by atoms with Gasteiger partial charge >= 0.3 is 0 Å². The highest BCUT2D eigenvalue weighted by Crippen LogP contribution is 2.16. The normalized spacial score (nSPS) is 14.1. The van der Waals surface area contributed by atoms with Gasteiger partial charge in [-0.2, -0.15) is 0 Å². The molecule has 0 atom stereocenters. The Balaban J connectivity index is 1.58. The first-order valence-electron chi connectivity index (χ1n) is 7.69. The Labute approximate surface area is 136 Å². The van der Waals surface area contributed by atoms with Crippen LogP contribution in [0.2, 0.25) is 5.02 Å². The van der Waals surface area contributed by atoms with Crippen LogP contribution in [0.1, 0.15) is 17.5 Å². The number of hydrogen-bond acceptors (Lipinski definition) is 1. The van der Waals surface area contributed by atoms with E-state index >= 15 is 0 Å². The lowest BCUT2D eigenvalue weighted by Crippen LogP contribution is -2.43. The Bertz CT molecular complexity index is 624. The van der Waals surface area contributed by atoms with Gasteiger partial charge in [0, 0.05) is 18.1 Å². The number of aliphatic imine (C=N–C) groups is 1. The minimum atomic E-state index is 0.789. The molecule has 0 amide bonds. The Kier molecular flexibility index (Phi) is 4.96. The van der Waals surface area contributed by atoms with Crippen LogP contribution < -0.4 is 10.6 Å². The summed E-state index contributed by atoms with van der Waals surface area (Å²) in [6.45, 7) is 1.98. The van der Waals surface area contributed by atoms with Crippen LogP contribution in [-0.2, 0) is 12.8 Å². The van der Waals surface area contributed by atoms with Gasteiger partial charge in [-0.1, -0.05) is 35.9 Å². The summed E-state index contributed by atoms with van der Waals surface area (Å²) < 4.78 is 0. The molecule has 3 nitrogen and oxygen atoms in total.